The Morgan fingerprint density at radius 2 is 1.72 bits per heavy atom. The first-order chi connectivity index (χ1) is 30.9. The third-order valence-corrected chi connectivity index (χ3v) is 15.0. The normalized spacial score (nSPS) is 24.4. The van der Waals surface area contributed by atoms with Crippen molar-refractivity contribution in [2.75, 3.05) is 20.3 Å². The van der Waals surface area contributed by atoms with Gasteiger partial charge in [0.15, 0.2) is 5.11 Å². The number of benzene rings is 3. The van der Waals surface area contributed by atoms with Crippen LogP contribution in [-0.4, -0.2) is 96.5 Å². The van der Waals surface area contributed by atoms with Gasteiger partial charge in [0, 0.05) is 29.8 Å². The number of ether oxygens (including phenoxy) is 3. The number of hydrogen-bond donors (Lipinski definition) is 4. The van der Waals surface area contributed by atoms with Crippen molar-refractivity contribution in [2.45, 2.75) is 92.7 Å². The number of nitrogens with zero attached hydrogens (tertiary/aromatic N) is 2. The van der Waals surface area contributed by atoms with E-state index in [9.17, 15) is 27.6 Å². The Bertz CT molecular complexity index is 2610. The van der Waals surface area contributed by atoms with E-state index in [0.29, 0.717) is 49.1 Å². The number of rotatable bonds is 9. The zero-order valence-electron chi connectivity index (χ0n) is 35.3. The monoisotopic (exact) mass is 906 g/mol. The van der Waals surface area contributed by atoms with Crippen LogP contribution in [0, 0.1) is 5.92 Å². The first-order valence-electron chi connectivity index (χ1n) is 21.8. The number of aromatic nitrogens is 1. The predicted octanol–water partition coefficient (Wildman–Crippen LogP) is 5.38. The fraction of sp³-hybridized carbons (Fsp3) is 0.404. The molecule has 334 valence electrons. The fourth-order valence-corrected chi connectivity index (χ4v) is 10.9. The molecular formula is C47H50N6O9S2. The minimum absolute atomic E-state index is 0.0194. The standard InChI is InChI=1S/C47H50N6O9S2/c1-60-30-17-20-33-28(23-30)21-22-48-42(33)62-31-24-40-41(54)51-47(44(56)52-64(58,59)32-18-19-32)25-29(47)11-5-3-2-4-6-16-39(43(55)53(40)26-31)49-45(63)50-46(57)61-27-38-36-14-9-7-12-34(36)35-13-8-10-15-37(35)38/h5,7-15,17,20-23,29,31-32,38-40H,2-4,6,16,18-19,24-27H2,1H3,(H,51,54)(H,52,56)(H2,49,50,57,63)/t29-,31-,39+,40+,47-/m1/s1. The minimum Gasteiger partial charge on any atom is -0.497 e. The van der Waals surface area contributed by atoms with Crippen LogP contribution in [0.3, 0.4) is 0 Å². The lowest BCUT2D eigenvalue weighted by Gasteiger charge is -2.30. The molecule has 2 aliphatic heterocycles. The highest BCUT2D eigenvalue weighted by atomic mass is 32.2. The first-order valence-corrected chi connectivity index (χ1v) is 23.8. The van der Waals surface area contributed by atoms with Crippen LogP contribution in [0.1, 0.15) is 74.8 Å². The third kappa shape index (κ3) is 8.87. The summed E-state index contributed by atoms with van der Waals surface area (Å²) in [6.07, 6.45) is 8.25. The summed E-state index contributed by atoms with van der Waals surface area (Å²) in [4.78, 5) is 62.4. The van der Waals surface area contributed by atoms with Crippen LogP contribution in [0.15, 0.2) is 91.1 Å². The number of carbonyl (C=O) groups is 4. The Hall–Kier alpha value is -6.07. The number of fused-ring (bicyclic) bond motifs is 6. The molecule has 3 heterocycles. The summed E-state index contributed by atoms with van der Waals surface area (Å²) in [7, 11) is -2.34. The van der Waals surface area contributed by atoms with Crippen LogP contribution in [0.2, 0.25) is 0 Å². The number of carbonyl (C=O) groups excluding carboxylic acids is 4. The summed E-state index contributed by atoms with van der Waals surface area (Å²) in [5.41, 5.74) is 2.78. The lowest BCUT2D eigenvalue weighted by atomic mass is 9.98. The highest BCUT2D eigenvalue weighted by Crippen LogP contribution is 2.47. The number of methoxy groups -OCH3 is 1. The number of thiocarbonyl (C=S) groups is 1. The summed E-state index contributed by atoms with van der Waals surface area (Å²) >= 11 is 5.61. The van der Waals surface area contributed by atoms with Gasteiger partial charge < -0.3 is 29.7 Å². The van der Waals surface area contributed by atoms with Crippen LogP contribution >= 0.6 is 12.2 Å². The van der Waals surface area contributed by atoms with Gasteiger partial charge in [-0.3, -0.25) is 24.4 Å². The van der Waals surface area contributed by atoms with Crippen LogP contribution in [0.4, 0.5) is 4.79 Å². The smallest absolute Gasteiger partial charge is 0.413 e. The van der Waals surface area contributed by atoms with E-state index < -0.39 is 68.7 Å². The molecule has 4 amide bonds. The highest BCUT2D eigenvalue weighted by Gasteiger charge is 2.62. The molecule has 5 aliphatic rings. The Labute approximate surface area is 376 Å². The van der Waals surface area contributed by atoms with Gasteiger partial charge in [0.1, 0.15) is 36.1 Å². The minimum atomic E-state index is -3.92. The molecule has 15 nitrogen and oxygen atoms in total. The lowest BCUT2D eigenvalue weighted by Crippen LogP contribution is -2.58. The van der Waals surface area contributed by atoms with Crippen LogP contribution in [0.5, 0.6) is 11.6 Å². The maximum Gasteiger partial charge on any atom is 0.413 e. The number of pyridine rings is 1. The molecule has 3 aromatic carbocycles. The average molecular weight is 907 g/mol. The van der Waals surface area contributed by atoms with Gasteiger partial charge in [-0.1, -0.05) is 73.5 Å². The second-order valence-electron chi connectivity index (χ2n) is 17.2. The van der Waals surface area contributed by atoms with Gasteiger partial charge in [-0.05, 0) is 103 Å². The van der Waals surface area contributed by atoms with Gasteiger partial charge in [0.2, 0.25) is 27.7 Å². The summed E-state index contributed by atoms with van der Waals surface area (Å²) < 4.78 is 45.7. The Balaban J connectivity index is 0.944. The highest BCUT2D eigenvalue weighted by molar-refractivity contribution is 7.91. The van der Waals surface area contributed by atoms with Gasteiger partial charge >= 0.3 is 6.09 Å². The zero-order valence-corrected chi connectivity index (χ0v) is 36.9. The van der Waals surface area contributed by atoms with Crippen LogP contribution in [-0.2, 0) is 29.1 Å². The molecule has 0 spiro atoms. The SMILES string of the molecule is COc1ccc2c(O[C@@H]3C[C@H]4C(=O)N[C@]5(C(=O)NS(=O)(=O)C6CC6)C[C@H]5C=CCCCCC[C@H](NC(=S)NC(=O)OCC5c6ccccc6-c6ccccc65)C(=O)N4C3)nccc2c1. The average Bonchev–Trinajstić information content (AvgIpc) is 4.20. The van der Waals surface area contributed by atoms with Crippen molar-refractivity contribution in [3.05, 3.63) is 102 Å². The van der Waals surface area contributed by atoms with Crippen molar-refractivity contribution < 1.29 is 41.8 Å². The number of amides is 4. The maximum atomic E-state index is 14.8. The van der Waals surface area contributed by atoms with Gasteiger partial charge in [-0.15, -0.1) is 0 Å². The van der Waals surface area contributed by atoms with E-state index in [1.807, 2.05) is 66.7 Å². The van der Waals surface area contributed by atoms with Crippen molar-refractivity contribution in [3.63, 3.8) is 0 Å². The van der Waals surface area contributed by atoms with E-state index in [-0.39, 0.29) is 37.0 Å². The molecule has 0 radical (unpaired) electrons. The molecule has 2 saturated carbocycles. The largest absolute Gasteiger partial charge is 0.497 e. The van der Waals surface area contributed by atoms with Gasteiger partial charge in [0.05, 0.1) is 18.9 Å². The molecule has 3 fully saturated rings. The number of nitrogens with one attached hydrogen (secondary N) is 4. The van der Waals surface area contributed by atoms with Gasteiger partial charge in [0.25, 0.3) is 5.91 Å². The number of alkyl carbamates (subject to hydrolysis) is 1. The summed E-state index contributed by atoms with van der Waals surface area (Å²) in [6.45, 7) is 0.0473. The molecule has 3 aliphatic carbocycles. The third-order valence-electron chi connectivity index (χ3n) is 12.9. The molecule has 1 aromatic heterocycles. The zero-order chi connectivity index (χ0) is 44.6. The van der Waals surface area contributed by atoms with Crippen molar-refractivity contribution in [2.24, 2.45) is 5.92 Å². The summed E-state index contributed by atoms with van der Waals surface area (Å²) in [5.74, 6) is -1.54. The van der Waals surface area contributed by atoms with Gasteiger partial charge in [-0.25, -0.2) is 18.2 Å². The van der Waals surface area contributed by atoms with E-state index in [1.54, 1.807) is 19.4 Å². The predicted molar refractivity (Wildman–Crippen MR) is 242 cm³/mol. The first kappa shape index (κ1) is 43.2. The number of sulfonamides is 1. The quantitative estimate of drug-likeness (QED) is 0.124. The van der Waals surface area contributed by atoms with E-state index in [1.165, 1.54) is 4.90 Å². The molecule has 9 rings (SSSR count). The number of allylic oxidation sites excluding steroid dienone is 1. The molecule has 5 atom stereocenters. The summed E-state index contributed by atoms with van der Waals surface area (Å²) in [6, 6.07) is 21.2. The molecule has 0 bridgehead atoms. The van der Waals surface area contributed by atoms with E-state index >= 15 is 0 Å². The van der Waals surface area contributed by atoms with Crippen molar-refractivity contribution in [1.29, 1.82) is 0 Å². The molecule has 4 N–H and O–H groups in total. The number of hydrogen-bond acceptors (Lipinski definition) is 11. The Kier molecular flexibility index (Phi) is 12.0. The molecule has 64 heavy (non-hydrogen) atoms. The van der Waals surface area contributed by atoms with Crippen LogP contribution < -0.4 is 30.1 Å². The second kappa shape index (κ2) is 17.8. The lowest BCUT2D eigenvalue weighted by molar-refractivity contribution is -0.141. The van der Waals surface area contributed by atoms with Crippen LogP contribution in [0.25, 0.3) is 21.9 Å². The maximum absolute atomic E-state index is 14.8. The van der Waals surface area contributed by atoms with E-state index in [4.69, 9.17) is 26.4 Å². The van der Waals surface area contributed by atoms with Gasteiger partial charge in [-0.2, -0.15) is 0 Å². The molecule has 1 saturated heterocycles. The Morgan fingerprint density at radius 3 is 2.45 bits per heavy atom. The van der Waals surface area contributed by atoms with Crippen molar-refractivity contribution >= 4 is 61.9 Å². The Morgan fingerprint density at radius 1 is 0.969 bits per heavy atom. The molecule has 17 heteroatoms. The van der Waals surface area contributed by atoms with E-state index in [0.717, 1.165) is 40.5 Å². The molecule has 4 aromatic rings. The molecular weight excluding hydrogens is 857 g/mol. The van der Waals surface area contributed by atoms with Crippen molar-refractivity contribution in [3.8, 4) is 22.8 Å². The van der Waals surface area contributed by atoms with E-state index in [2.05, 4.69) is 37.8 Å². The summed E-state index contributed by atoms with van der Waals surface area (Å²) in [5, 5.41) is 9.30. The molecule has 0 unspecified atom stereocenters. The topological polar surface area (TPSA) is 194 Å². The van der Waals surface area contributed by atoms with Crippen molar-refractivity contribution in [1.82, 2.24) is 30.6 Å². The second-order valence-corrected chi connectivity index (χ2v) is 19.5. The fourth-order valence-electron chi connectivity index (χ4n) is 9.28.